The fraction of sp³-hybridized carbons (Fsp3) is 0.368. The van der Waals surface area contributed by atoms with Gasteiger partial charge in [0.15, 0.2) is 0 Å². The van der Waals surface area contributed by atoms with Crippen molar-refractivity contribution in [1.82, 2.24) is 19.4 Å². The highest BCUT2D eigenvalue weighted by Gasteiger charge is 2.34. The maximum atomic E-state index is 13.1. The number of hydrogen-bond donors (Lipinski definition) is 1. The average molecular weight is 448 g/mol. The zero-order chi connectivity index (χ0) is 21.3. The van der Waals surface area contributed by atoms with Gasteiger partial charge in [0, 0.05) is 37.2 Å². The number of amides is 1. The molecule has 9 nitrogen and oxygen atoms in total. The maximum Gasteiger partial charge on any atom is 0.252 e. The van der Waals surface area contributed by atoms with E-state index < -0.39 is 15.9 Å². The molecule has 1 N–H and O–H groups in total. The Bertz CT molecular complexity index is 1150. The number of anilines is 1. The van der Waals surface area contributed by atoms with Gasteiger partial charge in [0.05, 0.1) is 5.92 Å². The minimum Gasteiger partial charge on any atom is -0.339 e. The van der Waals surface area contributed by atoms with Gasteiger partial charge in [-0.2, -0.15) is 9.29 Å². The number of thiophene rings is 1. The van der Waals surface area contributed by atoms with Crippen LogP contribution in [0.5, 0.6) is 0 Å². The predicted octanol–water partition coefficient (Wildman–Crippen LogP) is 2.85. The van der Waals surface area contributed by atoms with Gasteiger partial charge in [-0.3, -0.25) is 4.79 Å². The van der Waals surface area contributed by atoms with Crippen molar-refractivity contribution >= 4 is 33.1 Å². The van der Waals surface area contributed by atoms with Gasteiger partial charge in [-0.25, -0.2) is 13.4 Å². The Morgan fingerprint density at radius 2 is 2.17 bits per heavy atom. The Hall–Kier alpha value is -2.63. The van der Waals surface area contributed by atoms with E-state index in [9.17, 15) is 13.2 Å². The molecule has 0 spiro atoms. The number of nitrogens with one attached hydrogen (secondary N) is 1. The zero-order valence-corrected chi connectivity index (χ0v) is 18.2. The predicted molar refractivity (Wildman–Crippen MR) is 111 cm³/mol. The molecule has 1 aliphatic rings. The van der Waals surface area contributed by atoms with Gasteiger partial charge in [-0.15, -0.1) is 11.3 Å². The minimum atomic E-state index is -3.72. The van der Waals surface area contributed by atoms with Crippen LogP contribution in [0, 0.1) is 19.8 Å². The van der Waals surface area contributed by atoms with Crippen LogP contribution in [-0.4, -0.2) is 46.8 Å². The summed E-state index contributed by atoms with van der Waals surface area (Å²) in [5.74, 6) is 0.570. The number of pyridine rings is 1. The van der Waals surface area contributed by atoms with Crippen LogP contribution in [0.3, 0.4) is 0 Å². The second-order valence-corrected chi connectivity index (χ2v) is 10.3. The maximum absolute atomic E-state index is 13.1. The summed E-state index contributed by atoms with van der Waals surface area (Å²) < 4.78 is 32.8. The first kappa shape index (κ1) is 20.6. The molecule has 30 heavy (non-hydrogen) atoms. The lowest BCUT2D eigenvalue weighted by molar-refractivity contribution is -0.120. The molecular weight excluding hydrogens is 426 g/mol. The molecule has 0 radical (unpaired) electrons. The molecule has 3 aromatic heterocycles. The zero-order valence-electron chi connectivity index (χ0n) is 16.5. The van der Waals surface area contributed by atoms with E-state index >= 15 is 0 Å². The van der Waals surface area contributed by atoms with Crippen LogP contribution in [-0.2, 0) is 14.8 Å². The van der Waals surface area contributed by atoms with Crippen LogP contribution >= 0.6 is 11.3 Å². The SMILES string of the molecule is Cc1ccc(NC(=O)C2CCCN(S(=O)(=O)c3cc(-c4noc(C)n4)cs3)C2)nc1. The van der Waals surface area contributed by atoms with Crippen LogP contribution in [0.2, 0.25) is 0 Å². The van der Waals surface area contributed by atoms with E-state index in [1.807, 2.05) is 13.0 Å². The van der Waals surface area contributed by atoms with Crippen LogP contribution in [0.25, 0.3) is 11.4 Å². The van der Waals surface area contributed by atoms with E-state index in [1.54, 1.807) is 30.6 Å². The summed E-state index contributed by atoms with van der Waals surface area (Å²) in [4.78, 5) is 21.0. The van der Waals surface area contributed by atoms with Gasteiger partial charge in [-0.1, -0.05) is 11.2 Å². The first-order valence-electron chi connectivity index (χ1n) is 9.46. The molecule has 0 aromatic carbocycles. The third-order valence-electron chi connectivity index (χ3n) is 4.87. The Morgan fingerprint density at radius 1 is 1.33 bits per heavy atom. The highest BCUT2D eigenvalue weighted by Crippen LogP contribution is 2.31. The van der Waals surface area contributed by atoms with Crippen LogP contribution in [0.15, 0.2) is 38.5 Å². The smallest absolute Gasteiger partial charge is 0.252 e. The first-order valence-corrected chi connectivity index (χ1v) is 11.8. The molecule has 3 aromatic rings. The molecule has 4 rings (SSSR count). The van der Waals surface area contributed by atoms with Crippen molar-refractivity contribution in [3.05, 3.63) is 41.2 Å². The van der Waals surface area contributed by atoms with Crippen molar-refractivity contribution in [2.24, 2.45) is 5.92 Å². The number of carbonyl (C=O) groups is 1. The molecule has 4 heterocycles. The average Bonchev–Trinajstić information content (AvgIpc) is 3.39. The summed E-state index contributed by atoms with van der Waals surface area (Å²) in [6.07, 6.45) is 2.91. The standard InChI is InChI=1S/C19H21N5O4S2/c1-12-5-6-16(20-9-12)22-19(25)14-4-3-7-24(10-14)30(26,27)17-8-15(11-29-17)18-21-13(2)28-23-18/h5-6,8-9,11,14H,3-4,7,10H2,1-2H3,(H,20,22,25). The first-order chi connectivity index (χ1) is 14.3. The molecule has 0 saturated carbocycles. The summed E-state index contributed by atoms with van der Waals surface area (Å²) in [6.45, 7) is 4.10. The quantitative estimate of drug-likeness (QED) is 0.639. The number of piperidine rings is 1. The summed E-state index contributed by atoms with van der Waals surface area (Å²) in [5, 5.41) is 8.30. The van der Waals surface area contributed by atoms with Crippen LogP contribution in [0.1, 0.15) is 24.3 Å². The number of hydrogen-bond acceptors (Lipinski definition) is 8. The number of nitrogens with zero attached hydrogens (tertiary/aromatic N) is 4. The van der Waals surface area contributed by atoms with Crippen molar-refractivity contribution < 1.29 is 17.7 Å². The topological polar surface area (TPSA) is 118 Å². The van der Waals surface area contributed by atoms with Crippen molar-refractivity contribution in [2.45, 2.75) is 30.9 Å². The molecule has 1 saturated heterocycles. The Balaban J connectivity index is 1.47. The van der Waals surface area contributed by atoms with E-state index in [-0.39, 0.29) is 16.7 Å². The number of rotatable bonds is 5. The number of sulfonamides is 1. The molecule has 1 aliphatic heterocycles. The molecule has 0 aliphatic carbocycles. The third kappa shape index (κ3) is 4.27. The second-order valence-electron chi connectivity index (χ2n) is 7.20. The fourth-order valence-corrected chi connectivity index (χ4v) is 6.09. The van der Waals surface area contributed by atoms with Crippen LogP contribution in [0.4, 0.5) is 5.82 Å². The van der Waals surface area contributed by atoms with E-state index in [0.29, 0.717) is 42.5 Å². The molecule has 0 bridgehead atoms. The van der Waals surface area contributed by atoms with Gasteiger partial charge < -0.3 is 9.84 Å². The Morgan fingerprint density at radius 3 is 2.87 bits per heavy atom. The fourth-order valence-electron chi connectivity index (χ4n) is 3.26. The van der Waals surface area contributed by atoms with E-state index in [1.165, 1.54) is 4.31 Å². The third-order valence-corrected chi connectivity index (χ3v) is 8.15. The summed E-state index contributed by atoms with van der Waals surface area (Å²) in [7, 11) is -3.72. The largest absolute Gasteiger partial charge is 0.339 e. The van der Waals surface area contributed by atoms with Gasteiger partial charge in [-0.05, 0) is 37.5 Å². The van der Waals surface area contributed by atoms with Crippen molar-refractivity contribution in [3.63, 3.8) is 0 Å². The van der Waals surface area contributed by atoms with Gasteiger partial charge >= 0.3 is 0 Å². The van der Waals surface area contributed by atoms with E-state index in [4.69, 9.17) is 4.52 Å². The highest BCUT2D eigenvalue weighted by atomic mass is 32.2. The summed E-state index contributed by atoms with van der Waals surface area (Å²) in [5.41, 5.74) is 1.58. The lowest BCUT2D eigenvalue weighted by atomic mass is 9.99. The summed E-state index contributed by atoms with van der Waals surface area (Å²) >= 11 is 1.11. The molecule has 158 valence electrons. The van der Waals surface area contributed by atoms with Crippen molar-refractivity contribution in [2.75, 3.05) is 18.4 Å². The lowest BCUT2D eigenvalue weighted by Crippen LogP contribution is -2.43. The Labute approximate surface area is 178 Å². The minimum absolute atomic E-state index is 0.134. The molecule has 1 atom stereocenters. The molecule has 1 fully saturated rings. The number of aromatic nitrogens is 3. The second kappa shape index (κ2) is 8.25. The van der Waals surface area contributed by atoms with Gasteiger partial charge in [0.25, 0.3) is 10.0 Å². The number of aryl methyl sites for hydroxylation is 2. The number of carbonyl (C=O) groups excluding carboxylic acids is 1. The molecule has 1 amide bonds. The van der Waals surface area contributed by atoms with Gasteiger partial charge in [0.1, 0.15) is 10.0 Å². The molecule has 1 unspecified atom stereocenters. The van der Waals surface area contributed by atoms with Gasteiger partial charge in [0.2, 0.25) is 17.6 Å². The van der Waals surface area contributed by atoms with Crippen molar-refractivity contribution in [1.29, 1.82) is 0 Å². The summed E-state index contributed by atoms with van der Waals surface area (Å²) in [6, 6.07) is 5.14. The van der Waals surface area contributed by atoms with Crippen molar-refractivity contribution in [3.8, 4) is 11.4 Å². The van der Waals surface area contributed by atoms with Crippen LogP contribution < -0.4 is 5.32 Å². The highest BCUT2D eigenvalue weighted by molar-refractivity contribution is 7.91. The van der Waals surface area contributed by atoms with E-state index in [2.05, 4.69) is 20.4 Å². The molecule has 11 heteroatoms. The lowest BCUT2D eigenvalue weighted by Gasteiger charge is -2.30. The Kier molecular flexibility index (Phi) is 5.67. The normalized spacial score (nSPS) is 17.7. The monoisotopic (exact) mass is 447 g/mol. The molecular formula is C19H21N5O4S2. The van der Waals surface area contributed by atoms with E-state index in [0.717, 1.165) is 16.9 Å².